The van der Waals surface area contributed by atoms with Crippen LogP contribution in [0.1, 0.15) is 33.1 Å². The van der Waals surface area contributed by atoms with E-state index in [9.17, 15) is 9.59 Å². The normalized spacial score (nSPS) is 16.4. The van der Waals surface area contributed by atoms with Crippen molar-refractivity contribution in [2.75, 3.05) is 45.8 Å². The van der Waals surface area contributed by atoms with Gasteiger partial charge in [-0.1, -0.05) is 13.8 Å². The van der Waals surface area contributed by atoms with Gasteiger partial charge in [0.05, 0.1) is 0 Å². The monoisotopic (exact) mass is 269 g/mol. The molecule has 0 unspecified atom stereocenters. The van der Waals surface area contributed by atoms with Gasteiger partial charge >= 0.3 is 0 Å². The van der Waals surface area contributed by atoms with Gasteiger partial charge in [-0.25, -0.2) is 0 Å². The Morgan fingerprint density at radius 1 is 1.11 bits per heavy atom. The summed E-state index contributed by atoms with van der Waals surface area (Å²) in [7, 11) is 0. The number of amides is 2. The summed E-state index contributed by atoms with van der Waals surface area (Å²) in [4.78, 5) is 28.8. The minimum absolute atomic E-state index is 0.265. The summed E-state index contributed by atoms with van der Waals surface area (Å²) >= 11 is 0. The predicted molar refractivity (Wildman–Crippen MR) is 75.9 cm³/mol. The Kier molecular flexibility index (Phi) is 7.48. The topological polar surface area (TPSA) is 43.9 Å². The molecule has 0 radical (unpaired) electrons. The highest BCUT2D eigenvalue weighted by atomic mass is 16.2. The number of piperazine rings is 1. The molecule has 1 heterocycles. The van der Waals surface area contributed by atoms with Gasteiger partial charge in [0, 0.05) is 52.2 Å². The minimum atomic E-state index is 0.265. The molecule has 1 fully saturated rings. The Hall–Kier alpha value is -1.10. The Morgan fingerprint density at radius 2 is 1.68 bits per heavy atom. The van der Waals surface area contributed by atoms with Gasteiger partial charge < -0.3 is 9.80 Å². The standard InChI is InChI=1S/C14H27N3O2/c1-3-6-17(7-4-2)14(19)5-8-15-9-11-16(13-18)12-10-15/h13H,3-12H2,1-2H3. The smallest absolute Gasteiger partial charge is 0.223 e. The molecule has 110 valence electrons. The molecule has 0 atom stereocenters. The van der Waals surface area contributed by atoms with Crippen molar-refractivity contribution in [3.05, 3.63) is 0 Å². The highest BCUT2D eigenvalue weighted by Gasteiger charge is 2.17. The number of hydrogen-bond acceptors (Lipinski definition) is 3. The second kappa shape index (κ2) is 8.91. The van der Waals surface area contributed by atoms with Crippen molar-refractivity contribution in [2.24, 2.45) is 0 Å². The van der Waals surface area contributed by atoms with Gasteiger partial charge in [-0.3, -0.25) is 14.5 Å². The first-order chi connectivity index (χ1) is 9.21. The van der Waals surface area contributed by atoms with E-state index in [1.807, 2.05) is 4.90 Å². The quantitative estimate of drug-likeness (QED) is 0.612. The molecule has 1 aliphatic heterocycles. The number of carbonyl (C=O) groups is 2. The van der Waals surface area contributed by atoms with E-state index in [1.165, 1.54) is 0 Å². The Labute approximate surface area is 116 Å². The maximum absolute atomic E-state index is 12.1. The van der Waals surface area contributed by atoms with Gasteiger partial charge in [0.2, 0.25) is 12.3 Å². The summed E-state index contributed by atoms with van der Waals surface area (Å²) in [5.41, 5.74) is 0. The molecule has 2 amide bonds. The van der Waals surface area contributed by atoms with Crippen LogP contribution in [0.3, 0.4) is 0 Å². The van der Waals surface area contributed by atoms with E-state index in [0.717, 1.165) is 65.1 Å². The summed E-state index contributed by atoms with van der Waals surface area (Å²) < 4.78 is 0. The molecular weight excluding hydrogens is 242 g/mol. The minimum Gasteiger partial charge on any atom is -0.343 e. The Balaban J connectivity index is 2.27. The van der Waals surface area contributed by atoms with Crippen LogP contribution in [-0.4, -0.2) is 72.8 Å². The molecule has 1 saturated heterocycles. The lowest BCUT2D eigenvalue weighted by Gasteiger charge is -2.32. The zero-order valence-corrected chi connectivity index (χ0v) is 12.3. The van der Waals surface area contributed by atoms with Gasteiger partial charge in [0.15, 0.2) is 0 Å². The average molecular weight is 269 g/mol. The molecule has 1 aliphatic rings. The molecule has 5 nitrogen and oxygen atoms in total. The summed E-state index contributed by atoms with van der Waals surface area (Å²) in [6, 6.07) is 0. The van der Waals surface area contributed by atoms with E-state index < -0.39 is 0 Å². The van der Waals surface area contributed by atoms with E-state index in [1.54, 1.807) is 4.90 Å². The van der Waals surface area contributed by atoms with Crippen LogP contribution in [0.2, 0.25) is 0 Å². The van der Waals surface area contributed by atoms with Crippen LogP contribution in [0.25, 0.3) is 0 Å². The third-order valence-corrected chi connectivity index (χ3v) is 3.54. The molecule has 0 aromatic rings. The van der Waals surface area contributed by atoms with Gasteiger partial charge in [-0.15, -0.1) is 0 Å². The van der Waals surface area contributed by atoms with Crippen LogP contribution in [0.5, 0.6) is 0 Å². The fourth-order valence-corrected chi connectivity index (χ4v) is 2.41. The lowest BCUT2D eigenvalue weighted by atomic mass is 10.2. The van der Waals surface area contributed by atoms with Crippen molar-refractivity contribution in [2.45, 2.75) is 33.1 Å². The zero-order valence-electron chi connectivity index (χ0n) is 12.3. The molecule has 0 N–H and O–H groups in total. The van der Waals surface area contributed by atoms with Gasteiger partial charge in [-0.05, 0) is 12.8 Å². The molecule has 0 aromatic heterocycles. The molecular formula is C14H27N3O2. The Morgan fingerprint density at radius 3 is 2.16 bits per heavy atom. The lowest BCUT2D eigenvalue weighted by molar-refractivity contribution is -0.132. The predicted octanol–water partition coefficient (Wildman–Crippen LogP) is 0.799. The van der Waals surface area contributed by atoms with Crippen molar-refractivity contribution in [3.63, 3.8) is 0 Å². The maximum Gasteiger partial charge on any atom is 0.223 e. The average Bonchev–Trinajstić information content (AvgIpc) is 2.45. The van der Waals surface area contributed by atoms with Crippen LogP contribution in [0.4, 0.5) is 0 Å². The molecule has 0 aliphatic carbocycles. The largest absolute Gasteiger partial charge is 0.343 e. The van der Waals surface area contributed by atoms with E-state index in [-0.39, 0.29) is 5.91 Å². The van der Waals surface area contributed by atoms with Crippen molar-refractivity contribution < 1.29 is 9.59 Å². The van der Waals surface area contributed by atoms with E-state index >= 15 is 0 Å². The summed E-state index contributed by atoms with van der Waals surface area (Å²) in [5.74, 6) is 0.265. The van der Waals surface area contributed by atoms with E-state index in [2.05, 4.69) is 18.7 Å². The summed E-state index contributed by atoms with van der Waals surface area (Å²) in [6.07, 6.45) is 3.54. The van der Waals surface area contributed by atoms with Crippen molar-refractivity contribution in [3.8, 4) is 0 Å². The van der Waals surface area contributed by atoms with Crippen molar-refractivity contribution >= 4 is 12.3 Å². The summed E-state index contributed by atoms with van der Waals surface area (Å²) in [6.45, 7) is 10.1. The number of nitrogens with zero attached hydrogens (tertiary/aromatic N) is 3. The third-order valence-electron chi connectivity index (χ3n) is 3.54. The van der Waals surface area contributed by atoms with E-state index in [4.69, 9.17) is 0 Å². The number of rotatable bonds is 8. The molecule has 0 bridgehead atoms. The fraction of sp³-hybridized carbons (Fsp3) is 0.857. The van der Waals surface area contributed by atoms with Gasteiger partial charge in [0.1, 0.15) is 0 Å². The Bertz CT molecular complexity index is 270. The van der Waals surface area contributed by atoms with Gasteiger partial charge in [0.25, 0.3) is 0 Å². The maximum atomic E-state index is 12.1. The molecule has 0 saturated carbocycles. The molecule has 19 heavy (non-hydrogen) atoms. The molecule has 1 rings (SSSR count). The van der Waals surface area contributed by atoms with E-state index in [0.29, 0.717) is 6.42 Å². The van der Waals surface area contributed by atoms with Crippen molar-refractivity contribution in [1.29, 1.82) is 0 Å². The molecule has 0 aromatic carbocycles. The third kappa shape index (κ3) is 5.59. The van der Waals surface area contributed by atoms with Crippen molar-refractivity contribution in [1.82, 2.24) is 14.7 Å². The molecule has 5 heteroatoms. The summed E-state index contributed by atoms with van der Waals surface area (Å²) in [5, 5.41) is 0. The second-order valence-corrected chi connectivity index (χ2v) is 5.11. The highest BCUT2D eigenvalue weighted by molar-refractivity contribution is 5.76. The first-order valence-electron chi connectivity index (χ1n) is 7.40. The van der Waals surface area contributed by atoms with Crippen LogP contribution >= 0.6 is 0 Å². The van der Waals surface area contributed by atoms with Gasteiger partial charge in [-0.2, -0.15) is 0 Å². The lowest BCUT2D eigenvalue weighted by Crippen LogP contribution is -2.46. The first kappa shape index (κ1) is 16.0. The second-order valence-electron chi connectivity index (χ2n) is 5.11. The first-order valence-corrected chi connectivity index (χ1v) is 7.40. The van der Waals surface area contributed by atoms with Crippen LogP contribution < -0.4 is 0 Å². The van der Waals surface area contributed by atoms with Crippen LogP contribution in [-0.2, 0) is 9.59 Å². The highest BCUT2D eigenvalue weighted by Crippen LogP contribution is 2.03. The SMILES string of the molecule is CCCN(CCC)C(=O)CCN1CCN(C=O)CC1. The number of hydrogen-bond donors (Lipinski definition) is 0. The molecule has 0 spiro atoms. The van der Waals surface area contributed by atoms with Crippen LogP contribution in [0, 0.1) is 0 Å². The zero-order chi connectivity index (χ0) is 14.1. The number of carbonyl (C=O) groups excluding carboxylic acids is 2. The fourth-order valence-electron chi connectivity index (χ4n) is 2.41. The van der Waals surface area contributed by atoms with Crippen LogP contribution in [0.15, 0.2) is 0 Å².